The molecule has 1 atom stereocenters. The first-order valence-electron chi connectivity index (χ1n) is 4.39. The Kier molecular flexibility index (Phi) is 3.83. The van der Waals surface area contributed by atoms with E-state index in [9.17, 15) is 0 Å². The molecule has 1 aliphatic heterocycles. The third kappa shape index (κ3) is 3.18. The van der Waals surface area contributed by atoms with E-state index in [2.05, 4.69) is 5.32 Å². The molecule has 0 bridgehead atoms. The maximum Gasteiger partial charge on any atom is 0.0762 e. The van der Waals surface area contributed by atoms with Crippen molar-refractivity contribution < 1.29 is 4.84 Å². The van der Waals surface area contributed by atoms with Gasteiger partial charge >= 0.3 is 0 Å². The maximum absolute atomic E-state index is 5.07. The SMILES string of the molecule is CC(CC1CCNCC1)ON. The lowest BCUT2D eigenvalue weighted by Gasteiger charge is -2.24. The molecule has 1 unspecified atom stereocenters. The number of rotatable bonds is 3. The third-order valence-electron chi connectivity index (χ3n) is 2.36. The molecule has 0 saturated carbocycles. The van der Waals surface area contributed by atoms with E-state index >= 15 is 0 Å². The van der Waals surface area contributed by atoms with Crippen LogP contribution < -0.4 is 11.2 Å². The average Bonchev–Trinajstić information content (AvgIpc) is 2.06. The number of piperidine rings is 1. The second-order valence-electron chi connectivity index (χ2n) is 3.38. The molecule has 0 aliphatic carbocycles. The van der Waals surface area contributed by atoms with Crippen LogP contribution in [0.1, 0.15) is 26.2 Å². The summed E-state index contributed by atoms with van der Waals surface area (Å²) in [6.45, 7) is 4.34. The van der Waals surface area contributed by atoms with Gasteiger partial charge < -0.3 is 10.2 Å². The van der Waals surface area contributed by atoms with E-state index in [0.29, 0.717) is 0 Å². The maximum atomic E-state index is 5.07. The van der Waals surface area contributed by atoms with Crippen molar-refractivity contribution in [1.29, 1.82) is 0 Å². The van der Waals surface area contributed by atoms with Crippen LogP contribution in [0.25, 0.3) is 0 Å². The van der Waals surface area contributed by atoms with Gasteiger partial charge in [-0.15, -0.1) is 0 Å². The molecule has 3 heteroatoms. The van der Waals surface area contributed by atoms with Gasteiger partial charge in [-0.3, -0.25) is 0 Å². The predicted octanol–water partition coefficient (Wildman–Crippen LogP) is 0.655. The number of nitrogens with one attached hydrogen (secondary N) is 1. The van der Waals surface area contributed by atoms with Crippen LogP contribution in [0.5, 0.6) is 0 Å². The van der Waals surface area contributed by atoms with E-state index in [4.69, 9.17) is 10.7 Å². The Balaban J connectivity index is 2.13. The van der Waals surface area contributed by atoms with Gasteiger partial charge in [0.05, 0.1) is 6.10 Å². The molecule has 3 nitrogen and oxygen atoms in total. The molecule has 0 aromatic rings. The summed E-state index contributed by atoms with van der Waals surface area (Å²) in [6.07, 6.45) is 3.87. The Hall–Kier alpha value is -0.120. The van der Waals surface area contributed by atoms with Crippen molar-refractivity contribution >= 4 is 0 Å². The average molecular weight is 158 g/mol. The summed E-state index contributed by atoms with van der Waals surface area (Å²) in [6, 6.07) is 0. The summed E-state index contributed by atoms with van der Waals surface area (Å²) in [4.78, 5) is 4.73. The fraction of sp³-hybridized carbons (Fsp3) is 1.00. The monoisotopic (exact) mass is 158 g/mol. The summed E-state index contributed by atoms with van der Waals surface area (Å²) in [5, 5.41) is 3.33. The molecule has 3 N–H and O–H groups in total. The van der Waals surface area contributed by atoms with Gasteiger partial charge in [0.25, 0.3) is 0 Å². The molecular formula is C8H18N2O. The quantitative estimate of drug-likeness (QED) is 0.593. The standard InChI is InChI=1S/C8H18N2O/c1-7(11-9)6-8-2-4-10-5-3-8/h7-8,10H,2-6,9H2,1H3. The zero-order valence-electron chi connectivity index (χ0n) is 7.18. The van der Waals surface area contributed by atoms with Crippen LogP contribution >= 0.6 is 0 Å². The lowest BCUT2D eigenvalue weighted by molar-refractivity contribution is 0.0449. The van der Waals surface area contributed by atoms with E-state index in [-0.39, 0.29) is 6.10 Å². The molecule has 1 heterocycles. The first-order valence-corrected chi connectivity index (χ1v) is 4.39. The van der Waals surface area contributed by atoms with Gasteiger partial charge in [0.1, 0.15) is 0 Å². The number of nitrogens with two attached hydrogens (primary N) is 1. The molecule has 66 valence electrons. The van der Waals surface area contributed by atoms with Gasteiger partial charge in [-0.2, -0.15) is 0 Å². The molecule has 0 radical (unpaired) electrons. The van der Waals surface area contributed by atoms with E-state index < -0.39 is 0 Å². The van der Waals surface area contributed by atoms with Gasteiger partial charge in [0.2, 0.25) is 0 Å². The zero-order valence-corrected chi connectivity index (χ0v) is 7.18. The van der Waals surface area contributed by atoms with Crippen molar-refractivity contribution in [2.45, 2.75) is 32.3 Å². The van der Waals surface area contributed by atoms with Crippen molar-refractivity contribution in [3.63, 3.8) is 0 Å². The molecule has 0 aromatic heterocycles. The van der Waals surface area contributed by atoms with E-state index in [1.54, 1.807) is 0 Å². The van der Waals surface area contributed by atoms with Crippen LogP contribution in [0.4, 0.5) is 0 Å². The molecular weight excluding hydrogens is 140 g/mol. The summed E-state index contributed by atoms with van der Waals surface area (Å²) in [5.74, 6) is 5.89. The van der Waals surface area contributed by atoms with E-state index in [0.717, 1.165) is 25.4 Å². The lowest BCUT2D eigenvalue weighted by atomic mass is 9.92. The molecule has 0 amide bonds. The number of hydrogen-bond acceptors (Lipinski definition) is 3. The van der Waals surface area contributed by atoms with Gasteiger partial charge in [-0.25, -0.2) is 5.90 Å². The summed E-state index contributed by atoms with van der Waals surface area (Å²) >= 11 is 0. The second-order valence-corrected chi connectivity index (χ2v) is 3.38. The van der Waals surface area contributed by atoms with Gasteiger partial charge in [0, 0.05) is 0 Å². The summed E-state index contributed by atoms with van der Waals surface area (Å²) in [7, 11) is 0. The van der Waals surface area contributed by atoms with E-state index in [1.807, 2.05) is 6.92 Å². The first kappa shape index (κ1) is 8.97. The smallest absolute Gasteiger partial charge is 0.0762 e. The first-order chi connectivity index (χ1) is 5.33. The fourth-order valence-electron chi connectivity index (χ4n) is 1.64. The van der Waals surface area contributed by atoms with Crippen LogP contribution in [0.3, 0.4) is 0 Å². The highest BCUT2D eigenvalue weighted by atomic mass is 16.6. The molecule has 1 fully saturated rings. The molecule has 0 spiro atoms. The largest absolute Gasteiger partial charge is 0.317 e. The van der Waals surface area contributed by atoms with Crippen molar-refractivity contribution in [3.05, 3.63) is 0 Å². The molecule has 1 saturated heterocycles. The zero-order chi connectivity index (χ0) is 8.10. The Labute approximate surface area is 68.2 Å². The second kappa shape index (κ2) is 4.70. The van der Waals surface area contributed by atoms with Crippen molar-refractivity contribution in [2.24, 2.45) is 11.8 Å². The van der Waals surface area contributed by atoms with Crippen LogP contribution in [0, 0.1) is 5.92 Å². The summed E-state index contributed by atoms with van der Waals surface area (Å²) in [5.41, 5.74) is 0. The molecule has 0 aromatic carbocycles. The normalized spacial score (nSPS) is 23.5. The Morgan fingerprint density at radius 2 is 2.18 bits per heavy atom. The van der Waals surface area contributed by atoms with Crippen LogP contribution in [-0.2, 0) is 4.84 Å². The minimum atomic E-state index is 0.220. The lowest BCUT2D eigenvalue weighted by Crippen LogP contribution is -2.30. The van der Waals surface area contributed by atoms with E-state index in [1.165, 1.54) is 12.8 Å². The minimum absolute atomic E-state index is 0.220. The third-order valence-corrected chi connectivity index (χ3v) is 2.36. The number of hydrogen-bond donors (Lipinski definition) is 2. The Morgan fingerprint density at radius 1 is 1.55 bits per heavy atom. The Bertz CT molecular complexity index is 102. The predicted molar refractivity (Wildman–Crippen MR) is 44.9 cm³/mol. The fourth-order valence-corrected chi connectivity index (χ4v) is 1.64. The highest BCUT2D eigenvalue weighted by Crippen LogP contribution is 2.18. The van der Waals surface area contributed by atoms with Crippen LogP contribution in [-0.4, -0.2) is 19.2 Å². The van der Waals surface area contributed by atoms with Gasteiger partial charge in [-0.1, -0.05) is 0 Å². The molecule has 1 aliphatic rings. The van der Waals surface area contributed by atoms with Crippen molar-refractivity contribution in [1.82, 2.24) is 5.32 Å². The summed E-state index contributed by atoms with van der Waals surface area (Å²) < 4.78 is 0. The minimum Gasteiger partial charge on any atom is -0.317 e. The molecule has 11 heavy (non-hydrogen) atoms. The highest BCUT2D eigenvalue weighted by molar-refractivity contribution is 4.70. The highest BCUT2D eigenvalue weighted by Gasteiger charge is 2.15. The van der Waals surface area contributed by atoms with Gasteiger partial charge in [-0.05, 0) is 45.2 Å². The Morgan fingerprint density at radius 3 is 2.73 bits per heavy atom. The van der Waals surface area contributed by atoms with Crippen LogP contribution in [0.15, 0.2) is 0 Å². The van der Waals surface area contributed by atoms with Crippen LogP contribution in [0.2, 0.25) is 0 Å². The van der Waals surface area contributed by atoms with Crippen molar-refractivity contribution in [3.8, 4) is 0 Å². The van der Waals surface area contributed by atoms with Crippen molar-refractivity contribution in [2.75, 3.05) is 13.1 Å². The topological polar surface area (TPSA) is 47.3 Å². The molecule has 1 rings (SSSR count). The van der Waals surface area contributed by atoms with Gasteiger partial charge in [0.15, 0.2) is 0 Å².